The van der Waals surface area contributed by atoms with Gasteiger partial charge in [0.2, 0.25) is 5.88 Å². The molecule has 94 valence electrons. The number of hydrogen-bond donors (Lipinski definition) is 1. The third-order valence-electron chi connectivity index (χ3n) is 2.53. The van der Waals surface area contributed by atoms with Crippen molar-refractivity contribution in [3.05, 3.63) is 46.3 Å². The summed E-state index contributed by atoms with van der Waals surface area (Å²) >= 11 is 1.62. The van der Waals surface area contributed by atoms with Crippen molar-refractivity contribution in [3.63, 3.8) is 0 Å². The van der Waals surface area contributed by atoms with Crippen LogP contribution in [0.5, 0.6) is 5.88 Å². The summed E-state index contributed by atoms with van der Waals surface area (Å²) in [4.78, 5) is 17.2. The lowest BCUT2D eigenvalue weighted by atomic mass is 10.2. The van der Waals surface area contributed by atoms with Gasteiger partial charge in [-0.05, 0) is 30.5 Å². The fourth-order valence-corrected chi connectivity index (χ4v) is 2.34. The van der Waals surface area contributed by atoms with E-state index in [0.29, 0.717) is 11.4 Å². The molecule has 0 radical (unpaired) electrons. The molecule has 1 amide bonds. The Balaban J connectivity index is 2.12. The first-order valence-corrected chi connectivity index (χ1v) is 6.43. The van der Waals surface area contributed by atoms with Crippen LogP contribution in [0, 0.1) is 0 Å². The van der Waals surface area contributed by atoms with Gasteiger partial charge in [-0.25, -0.2) is 4.98 Å². The van der Waals surface area contributed by atoms with Gasteiger partial charge in [0.25, 0.3) is 5.91 Å². The number of nitrogens with one attached hydrogen (secondary N) is 1. The molecule has 0 saturated carbocycles. The molecule has 0 unspecified atom stereocenters. The zero-order valence-corrected chi connectivity index (χ0v) is 11.0. The Hall–Kier alpha value is -1.88. The SMILES string of the molecule is COc1ncccc1C(=O)N[C@@H](C)c1cccs1. The lowest BCUT2D eigenvalue weighted by Crippen LogP contribution is -2.26. The Bertz CT molecular complexity index is 526. The molecule has 0 aliphatic rings. The second-order valence-corrected chi connectivity index (χ2v) is 4.75. The highest BCUT2D eigenvalue weighted by Crippen LogP contribution is 2.20. The molecule has 2 aromatic rings. The van der Waals surface area contributed by atoms with Gasteiger partial charge in [-0.15, -0.1) is 11.3 Å². The lowest BCUT2D eigenvalue weighted by molar-refractivity contribution is 0.0936. The monoisotopic (exact) mass is 262 g/mol. The molecule has 2 aromatic heterocycles. The smallest absolute Gasteiger partial charge is 0.257 e. The van der Waals surface area contributed by atoms with Gasteiger partial charge in [0.15, 0.2) is 0 Å². The van der Waals surface area contributed by atoms with Crippen LogP contribution in [-0.2, 0) is 0 Å². The zero-order valence-electron chi connectivity index (χ0n) is 10.2. The zero-order chi connectivity index (χ0) is 13.0. The van der Waals surface area contributed by atoms with Gasteiger partial charge in [-0.1, -0.05) is 6.07 Å². The maximum absolute atomic E-state index is 12.1. The van der Waals surface area contributed by atoms with E-state index in [4.69, 9.17) is 4.74 Å². The van der Waals surface area contributed by atoms with Crippen LogP contribution in [-0.4, -0.2) is 18.0 Å². The Morgan fingerprint density at radius 2 is 2.28 bits per heavy atom. The minimum Gasteiger partial charge on any atom is -0.480 e. The largest absolute Gasteiger partial charge is 0.480 e. The topological polar surface area (TPSA) is 51.2 Å². The van der Waals surface area contributed by atoms with Gasteiger partial charge in [0.05, 0.1) is 13.2 Å². The molecule has 0 saturated heterocycles. The van der Waals surface area contributed by atoms with Crippen molar-refractivity contribution in [1.29, 1.82) is 0 Å². The van der Waals surface area contributed by atoms with Crippen molar-refractivity contribution < 1.29 is 9.53 Å². The van der Waals surface area contributed by atoms with Gasteiger partial charge in [0, 0.05) is 11.1 Å². The first kappa shape index (κ1) is 12.6. The molecule has 1 N–H and O–H groups in total. The summed E-state index contributed by atoms with van der Waals surface area (Å²) in [5.41, 5.74) is 0.448. The highest BCUT2D eigenvalue weighted by atomic mass is 32.1. The first-order chi connectivity index (χ1) is 8.72. The minimum absolute atomic E-state index is 0.0255. The standard InChI is InChI=1S/C13H14N2O2S/c1-9(11-6-4-8-18-11)15-12(16)10-5-3-7-14-13(10)17-2/h3-9H,1-2H3,(H,15,16)/t9-/m0/s1. The third-order valence-corrected chi connectivity index (χ3v) is 3.58. The number of carbonyl (C=O) groups excluding carboxylic acids is 1. The molecule has 0 fully saturated rings. The summed E-state index contributed by atoms with van der Waals surface area (Å²) in [6, 6.07) is 7.35. The number of methoxy groups -OCH3 is 1. The summed E-state index contributed by atoms with van der Waals surface area (Å²) in [7, 11) is 1.50. The van der Waals surface area contributed by atoms with Crippen LogP contribution in [0.2, 0.25) is 0 Å². The molecule has 0 aromatic carbocycles. The fourth-order valence-electron chi connectivity index (χ4n) is 1.61. The predicted molar refractivity (Wildman–Crippen MR) is 71.0 cm³/mol. The number of rotatable bonds is 4. The number of hydrogen-bond acceptors (Lipinski definition) is 4. The Morgan fingerprint density at radius 3 is 2.94 bits per heavy atom. The molecular formula is C13H14N2O2S. The number of aromatic nitrogens is 1. The molecule has 0 aliphatic carbocycles. The average Bonchev–Trinajstić information content (AvgIpc) is 2.92. The number of thiophene rings is 1. The van der Waals surface area contributed by atoms with Crippen LogP contribution in [0.3, 0.4) is 0 Å². The van der Waals surface area contributed by atoms with E-state index in [2.05, 4.69) is 10.3 Å². The maximum Gasteiger partial charge on any atom is 0.257 e. The quantitative estimate of drug-likeness (QED) is 0.921. The first-order valence-electron chi connectivity index (χ1n) is 5.55. The molecular weight excluding hydrogens is 248 g/mol. The second kappa shape index (κ2) is 5.64. The Morgan fingerprint density at radius 1 is 1.44 bits per heavy atom. The molecule has 4 nitrogen and oxygen atoms in total. The van der Waals surface area contributed by atoms with Crippen LogP contribution in [0.15, 0.2) is 35.8 Å². The van der Waals surface area contributed by atoms with Crippen molar-refractivity contribution in [2.75, 3.05) is 7.11 Å². The molecule has 5 heteroatoms. The third kappa shape index (κ3) is 2.68. The maximum atomic E-state index is 12.1. The van der Waals surface area contributed by atoms with Gasteiger partial charge in [0.1, 0.15) is 5.56 Å². The van der Waals surface area contributed by atoms with Crippen molar-refractivity contribution in [1.82, 2.24) is 10.3 Å². The Labute approximate surface area is 110 Å². The van der Waals surface area contributed by atoms with E-state index in [9.17, 15) is 4.79 Å². The van der Waals surface area contributed by atoms with Crippen molar-refractivity contribution >= 4 is 17.2 Å². The van der Waals surface area contributed by atoms with E-state index in [1.54, 1.807) is 29.7 Å². The second-order valence-electron chi connectivity index (χ2n) is 3.77. The normalized spacial score (nSPS) is 11.9. The van der Waals surface area contributed by atoms with Crippen molar-refractivity contribution in [2.24, 2.45) is 0 Å². The molecule has 0 bridgehead atoms. The van der Waals surface area contributed by atoms with Gasteiger partial charge in [-0.2, -0.15) is 0 Å². The number of carbonyl (C=O) groups is 1. The van der Waals surface area contributed by atoms with Crippen LogP contribution >= 0.6 is 11.3 Å². The summed E-state index contributed by atoms with van der Waals surface area (Å²) in [5, 5.41) is 4.91. The molecule has 0 aliphatic heterocycles. The van der Waals surface area contributed by atoms with E-state index in [1.165, 1.54) is 7.11 Å². The summed E-state index contributed by atoms with van der Waals surface area (Å²) in [5.74, 6) is 0.161. The molecule has 0 spiro atoms. The van der Waals surface area contributed by atoms with E-state index in [-0.39, 0.29) is 11.9 Å². The molecule has 2 rings (SSSR count). The molecule has 1 atom stereocenters. The van der Waals surface area contributed by atoms with Crippen molar-refractivity contribution in [2.45, 2.75) is 13.0 Å². The predicted octanol–water partition coefficient (Wildman–Crippen LogP) is 2.64. The number of amides is 1. The van der Waals surface area contributed by atoms with E-state index < -0.39 is 0 Å². The van der Waals surface area contributed by atoms with Crippen LogP contribution < -0.4 is 10.1 Å². The molecule has 18 heavy (non-hydrogen) atoms. The van der Waals surface area contributed by atoms with E-state index in [1.807, 2.05) is 24.4 Å². The molecule has 2 heterocycles. The van der Waals surface area contributed by atoms with Gasteiger partial charge in [-0.3, -0.25) is 4.79 Å². The van der Waals surface area contributed by atoms with Gasteiger partial charge >= 0.3 is 0 Å². The van der Waals surface area contributed by atoms with Gasteiger partial charge < -0.3 is 10.1 Å². The highest BCUT2D eigenvalue weighted by molar-refractivity contribution is 7.10. The number of ether oxygens (including phenoxy) is 1. The summed E-state index contributed by atoms with van der Waals surface area (Å²) < 4.78 is 5.07. The minimum atomic E-state index is -0.180. The highest BCUT2D eigenvalue weighted by Gasteiger charge is 2.16. The summed E-state index contributed by atoms with van der Waals surface area (Å²) in [6.07, 6.45) is 1.60. The van der Waals surface area contributed by atoms with Crippen LogP contribution in [0.4, 0.5) is 0 Å². The van der Waals surface area contributed by atoms with Crippen LogP contribution in [0.25, 0.3) is 0 Å². The Kier molecular flexibility index (Phi) is 3.94. The number of nitrogens with zero attached hydrogens (tertiary/aromatic N) is 1. The number of pyridine rings is 1. The van der Waals surface area contributed by atoms with E-state index in [0.717, 1.165) is 4.88 Å². The van der Waals surface area contributed by atoms with Crippen LogP contribution in [0.1, 0.15) is 28.2 Å². The lowest BCUT2D eigenvalue weighted by Gasteiger charge is -2.13. The fraction of sp³-hybridized carbons (Fsp3) is 0.231. The average molecular weight is 262 g/mol. The van der Waals surface area contributed by atoms with E-state index >= 15 is 0 Å². The summed E-state index contributed by atoms with van der Waals surface area (Å²) in [6.45, 7) is 1.95. The van der Waals surface area contributed by atoms with Crippen molar-refractivity contribution in [3.8, 4) is 5.88 Å².